The fraction of sp³-hybridized carbons (Fsp3) is 0.500. The lowest BCUT2D eigenvalue weighted by Crippen LogP contribution is -2.29. The lowest BCUT2D eigenvalue weighted by Gasteiger charge is -2.17. The van der Waals surface area contributed by atoms with Crippen LogP contribution in [0.2, 0.25) is 0 Å². The number of nitrogens with zero attached hydrogens (tertiary/aromatic N) is 1. The zero-order valence-corrected chi connectivity index (χ0v) is 14.3. The van der Waals surface area contributed by atoms with E-state index in [1.165, 1.54) is 5.56 Å². The Bertz CT molecular complexity index is 481. The van der Waals surface area contributed by atoms with Crippen molar-refractivity contribution in [2.24, 2.45) is 11.7 Å². The first kappa shape index (κ1) is 19.7. The number of carbonyl (C=O) groups excluding carboxylic acids is 1. The Hall–Kier alpha value is -1.36. The first-order valence-electron chi connectivity index (χ1n) is 7.97. The van der Waals surface area contributed by atoms with Crippen molar-refractivity contribution in [3.05, 3.63) is 48.6 Å². The van der Waals surface area contributed by atoms with Gasteiger partial charge in [-0.1, -0.05) is 36.4 Å². The van der Waals surface area contributed by atoms with Crippen molar-refractivity contribution >= 4 is 18.3 Å². The second kappa shape index (κ2) is 10.4. The Morgan fingerprint density at radius 1 is 1.35 bits per heavy atom. The molecule has 1 amide bonds. The zero-order valence-electron chi connectivity index (χ0n) is 13.5. The van der Waals surface area contributed by atoms with E-state index in [0.29, 0.717) is 38.0 Å². The number of hydrogen-bond donors (Lipinski definition) is 1. The summed E-state index contributed by atoms with van der Waals surface area (Å²) in [4.78, 5) is 14.3. The Morgan fingerprint density at radius 2 is 2.09 bits per heavy atom. The molecule has 0 aliphatic carbocycles. The molecule has 5 heteroatoms. The van der Waals surface area contributed by atoms with Gasteiger partial charge in [-0.15, -0.1) is 19.0 Å². The van der Waals surface area contributed by atoms with Gasteiger partial charge in [-0.25, -0.2) is 0 Å². The number of nitrogens with two attached hydrogens (primary N) is 1. The Morgan fingerprint density at radius 3 is 2.74 bits per heavy atom. The van der Waals surface area contributed by atoms with Crippen LogP contribution in [0.1, 0.15) is 24.3 Å². The van der Waals surface area contributed by atoms with E-state index in [0.717, 1.165) is 19.5 Å². The third-order valence-corrected chi connectivity index (χ3v) is 4.24. The van der Waals surface area contributed by atoms with Crippen LogP contribution < -0.4 is 5.73 Å². The average Bonchev–Trinajstić information content (AvgIpc) is 3.00. The van der Waals surface area contributed by atoms with Crippen LogP contribution in [-0.4, -0.2) is 43.7 Å². The van der Waals surface area contributed by atoms with Crippen LogP contribution in [-0.2, 0) is 9.53 Å². The Labute approximate surface area is 145 Å². The highest BCUT2D eigenvalue weighted by molar-refractivity contribution is 5.85. The van der Waals surface area contributed by atoms with Gasteiger partial charge in [-0.3, -0.25) is 4.79 Å². The standard InChI is InChI=1S/C18H26N2O2.ClH/c1-2-10-22-11-6-9-18(21)20-13-16(12-19)17(14-20)15-7-4-3-5-8-15;/h2-5,7-8,16-17H,1,6,9-14,19H2;1H/t16-,17+;/m1./s1. The minimum absolute atomic E-state index is 0. The van der Waals surface area contributed by atoms with Crippen molar-refractivity contribution in [3.8, 4) is 0 Å². The third kappa shape index (κ3) is 5.65. The van der Waals surface area contributed by atoms with Gasteiger partial charge in [-0.2, -0.15) is 0 Å². The van der Waals surface area contributed by atoms with E-state index >= 15 is 0 Å². The molecule has 1 heterocycles. The summed E-state index contributed by atoms with van der Waals surface area (Å²) in [6.45, 7) is 6.91. The number of carbonyl (C=O) groups is 1. The van der Waals surface area contributed by atoms with Gasteiger partial charge in [0.1, 0.15) is 0 Å². The van der Waals surface area contributed by atoms with E-state index in [1.807, 2.05) is 23.1 Å². The fourth-order valence-electron chi connectivity index (χ4n) is 3.04. The number of hydrogen-bond acceptors (Lipinski definition) is 3. The number of amides is 1. The second-order valence-corrected chi connectivity index (χ2v) is 5.78. The first-order valence-corrected chi connectivity index (χ1v) is 7.97. The van der Waals surface area contributed by atoms with Crippen LogP contribution in [0.4, 0.5) is 0 Å². The van der Waals surface area contributed by atoms with Crippen LogP contribution in [0.15, 0.2) is 43.0 Å². The Balaban J connectivity index is 0.00000264. The van der Waals surface area contributed by atoms with Crippen molar-refractivity contribution in [1.29, 1.82) is 0 Å². The van der Waals surface area contributed by atoms with Crippen LogP contribution in [0.5, 0.6) is 0 Å². The van der Waals surface area contributed by atoms with E-state index < -0.39 is 0 Å². The molecular formula is C18H27ClN2O2. The summed E-state index contributed by atoms with van der Waals surface area (Å²) in [5.74, 6) is 0.912. The summed E-state index contributed by atoms with van der Waals surface area (Å²) in [7, 11) is 0. The predicted molar refractivity (Wildman–Crippen MR) is 95.8 cm³/mol. The summed E-state index contributed by atoms with van der Waals surface area (Å²) in [5, 5.41) is 0. The topological polar surface area (TPSA) is 55.6 Å². The van der Waals surface area contributed by atoms with Crippen LogP contribution in [0.25, 0.3) is 0 Å². The monoisotopic (exact) mass is 338 g/mol. The molecule has 0 radical (unpaired) electrons. The molecule has 2 atom stereocenters. The molecule has 2 N–H and O–H groups in total. The summed E-state index contributed by atoms with van der Waals surface area (Å²) < 4.78 is 5.32. The van der Waals surface area contributed by atoms with E-state index in [-0.39, 0.29) is 18.3 Å². The lowest BCUT2D eigenvalue weighted by atomic mass is 9.89. The minimum atomic E-state index is 0. The molecule has 1 aromatic carbocycles. The van der Waals surface area contributed by atoms with E-state index in [1.54, 1.807) is 6.08 Å². The van der Waals surface area contributed by atoms with Crippen molar-refractivity contribution in [3.63, 3.8) is 0 Å². The SMILES string of the molecule is C=CCOCCCC(=O)N1C[C@@H](CN)[C@H](c2ccccc2)C1.Cl. The highest BCUT2D eigenvalue weighted by Gasteiger charge is 2.34. The number of rotatable bonds is 8. The summed E-state index contributed by atoms with van der Waals surface area (Å²) >= 11 is 0. The van der Waals surface area contributed by atoms with E-state index in [4.69, 9.17) is 10.5 Å². The van der Waals surface area contributed by atoms with Gasteiger partial charge < -0.3 is 15.4 Å². The predicted octanol–water partition coefficient (Wildman–Crippen LogP) is 2.59. The van der Waals surface area contributed by atoms with Crippen molar-refractivity contribution in [1.82, 2.24) is 4.90 Å². The smallest absolute Gasteiger partial charge is 0.222 e. The van der Waals surface area contributed by atoms with Gasteiger partial charge in [0.2, 0.25) is 5.91 Å². The van der Waals surface area contributed by atoms with Crippen molar-refractivity contribution in [2.45, 2.75) is 18.8 Å². The Kier molecular flexibility index (Phi) is 8.92. The summed E-state index contributed by atoms with van der Waals surface area (Å²) in [6.07, 6.45) is 3.01. The van der Waals surface area contributed by atoms with Gasteiger partial charge in [0, 0.05) is 32.0 Å². The summed E-state index contributed by atoms with van der Waals surface area (Å²) in [5.41, 5.74) is 7.19. The molecule has 0 unspecified atom stereocenters. The molecule has 1 fully saturated rings. The molecule has 4 nitrogen and oxygen atoms in total. The molecule has 1 aromatic rings. The van der Waals surface area contributed by atoms with Gasteiger partial charge in [0.25, 0.3) is 0 Å². The van der Waals surface area contributed by atoms with Gasteiger partial charge in [-0.05, 0) is 24.4 Å². The molecule has 2 rings (SSSR count). The third-order valence-electron chi connectivity index (χ3n) is 4.24. The highest BCUT2D eigenvalue weighted by atomic mass is 35.5. The van der Waals surface area contributed by atoms with Crippen LogP contribution >= 0.6 is 12.4 Å². The highest BCUT2D eigenvalue weighted by Crippen LogP contribution is 2.32. The molecule has 23 heavy (non-hydrogen) atoms. The summed E-state index contributed by atoms with van der Waals surface area (Å²) in [6, 6.07) is 10.4. The maximum Gasteiger partial charge on any atom is 0.222 e. The number of ether oxygens (including phenoxy) is 1. The largest absolute Gasteiger partial charge is 0.377 e. The number of benzene rings is 1. The van der Waals surface area contributed by atoms with E-state index in [2.05, 4.69) is 18.7 Å². The van der Waals surface area contributed by atoms with Gasteiger partial charge >= 0.3 is 0 Å². The maximum atomic E-state index is 12.3. The van der Waals surface area contributed by atoms with Gasteiger partial charge in [0.05, 0.1) is 6.61 Å². The van der Waals surface area contributed by atoms with Crippen LogP contribution in [0, 0.1) is 5.92 Å². The maximum absolute atomic E-state index is 12.3. The minimum Gasteiger partial charge on any atom is -0.377 e. The molecular weight excluding hydrogens is 312 g/mol. The second-order valence-electron chi connectivity index (χ2n) is 5.78. The molecule has 1 saturated heterocycles. The molecule has 0 spiro atoms. The molecule has 1 aliphatic rings. The van der Waals surface area contributed by atoms with Crippen molar-refractivity contribution < 1.29 is 9.53 Å². The zero-order chi connectivity index (χ0) is 15.8. The number of likely N-dealkylation sites (tertiary alicyclic amines) is 1. The lowest BCUT2D eigenvalue weighted by molar-refractivity contribution is -0.130. The molecule has 0 bridgehead atoms. The van der Waals surface area contributed by atoms with Gasteiger partial charge in [0.15, 0.2) is 0 Å². The molecule has 1 aliphatic heterocycles. The first-order chi connectivity index (χ1) is 10.8. The quantitative estimate of drug-likeness (QED) is 0.585. The molecule has 0 aromatic heterocycles. The van der Waals surface area contributed by atoms with Crippen LogP contribution in [0.3, 0.4) is 0 Å². The van der Waals surface area contributed by atoms with E-state index in [9.17, 15) is 4.79 Å². The van der Waals surface area contributed by atoms with Crippen molar-refractivity contribution in [2.75, 3.05) is 32.8 Å². The molecule has 0 saturated carbocycles. The fourth-order valence-corrected chi connectivity index (χ4v) is 3.04. The number of halogens is 1. The normalized spacial score (nSPS) is 20.1. The average molecular weight is 339 g/mol. The molecule has 128 valence electrons.